The zero-order valence-corrected chi connectivity index (χ0v) is 11.2. The van der Waals surface area contributed by atoms with E-state index in [0.29, 0.717) is 5.41 Å². The number of piperidine rings is 1. The van der Waals surface area contributed by atoms with Gasteiger partial charge >= 0.3 is 0 Å². The summed E-state index contributed by atoms with van der Waals surface area (Å²) in [6.07, 6.45) is 8.06. The molecule has 3 nitrogen and oxygen atoms in total. The van der Waals surface area contributed by atoms with Crippen LogP contribution >= 0.6 is 0 Å². The Balaban J connectivity index is 1.84. The zero-order chi connectivity index (χ0) is 12.3. The Bertz CT molecular complexity index is 334. The summed E-state index contributed by atoms with van der Waals surface area (Å²) >= 11 is 0. The molecule has 0 amide bonds. The minimum absolute atomic E-state index is 0.460. The van der Waals surface area contributed by atoms with Gasteiger partial charge in [-0.25, -0.2) is 9.97 Å². The highest BCUT2D eigenvalue weighted by atomic mass is 15.1. The zero-order valence-electron chi connectivity index (χ0n) is 11.2. The minimum Gasteiger partial charge on any atom is -0.299 e. The average Bonchev–Trinajstić information content (AvgIpc) is 2.30. The van der Waals surface area contributed by atoms with Crippen LogP contribution in [0.3, 0.4) is 0 Å². The van der Waals surface area contributed by atoms with E-state index in [1.165, 1.54) is 31.5 Å². The first-order valence-electron chi connectivity index (χ1n) is 6.52. The van der Waals surface area contributed by atoms with Crippen LogP contribution in [0.1, 0.15) is 39.2 Å². The lowest BCUT2D eigenvalue weighted by Crippen LogP contribution is -2.37. The molecule has 0 aromatic carbocycles. The molecular formula is C14H23N3. The second-order valence-corrected chi connectivity index (χ2v) is 6.16. The maximum absolute atomic E-state index is 4.07. The first kappa shape index (κ1) is 12.5. The van der Waals surface area contributed by atoms with Crippen molar-refractivity contribution < 1.29 is 0 Å². The molecule has 1 aliphatic rings. The van der Waals surface area contributed by atoms with Crippen molar-refractivity contribution in [1.29, 1.82) is 0 Å². The molecule has 0 radical (unpaired) electrons. The van der Waals surface area contributed by atoms with E-state index >= 15 is 0 Å². The first-order valence-corrected chi connectivity index (χ1v) is 6.52. The van der Waals surface area contributed by atoms with Gasteiger partial charge in [0.1, 0.15) is 6.33 Å². The van der Waals surface area contributed by atoms with Gasteiger partial charge in [0.2, 0.25) is 0 Å². The highest BCUT2D eigenvalue weighted by Crippen LogP contribution is 2.34. The molecule has 2 heterocycles. The molecule has 1 saturated heterocycles. The molecule has 3 heteroatoms. The molecule has 94 valence electrons. The largest absolute Gasteiger partial charge is 0.299 e. The maximum atomic E-state index is 4.07. The van der Waals surface area contributed by atoms with Gasteiger partial charge in [0, 0.05) is 24.5 Å². The highest BCUT2D eigenvalue weighted by Gasteiger charge is 2.28. The monoisotopic (exact) mass is 233 g/mol. The van der Waals surface area contributed by atoms with Crippen molar-refractivity contribution in [1.82, 2.24) is 14.9 Å². The Morgan fingerprint density at radius 2 is 1.76 bits per heavy atom. The topological polar surface area (TPSA) is 29.0 Å². The molecule has 0 atom stereocenters. The fourth-order valence-corrected chi connectivity index (χ4v) is 2.63. The number of hydrogen-bond donors (Lipinski definition) is 0. The van der Waals surface area contributed by atoms with E-state index in [-0.39, 0.29) is 0 Å². The summed E-state index contributed by atoms with van der Waals surface area (Å²) in [5, 5.41) is 0. The highest BCUT2D eigenvalue weighted by molar-refractivity contribution is 5.02. The SMILES string of the molecule is CC(C)(C)C1CCN(Cc2cncnc2)CC1. The molecule has 0 saturated carbocycles. The predicted octanol–water partition coefficient (Wildman–Crippen LogP) is 2.73. The Kier molecular flexibility index (Phi) is 3.77. The fourth-order valence-electron chi connectivity index (χ4n) is 2.63. The van der Waals surface area contributed by atoms with E-state index in [1.54, 1.807) is 6.33 Å². The first-order chi connectivity index (χ1) is 8.05. The van der Waals surface area contributed by atoms with E-state index in [1.807, 2.05) is 12.4 Å². The Morgan fingerprint density at radius 1 is 1.18 bits per heavy atom. The van der Waals surface area contributed by atoms with Gasteiger partial charge in [-0.15, -0.1) is 0 Å². The van der Waals surface area contributed by atoms with Crippen molar-refractivity contribution >= 4 is 0 Å². The van der Waals surface area contributed by atoms with Crippen LogP contribution in [0.2, 0.25) is 0 Å². The summed E-state index contributed by atoms with van der Waals surface area (Å²) in [7, 11) is 0. The van der Waals surface area contributed by atoms with Crippen molar-refractivity contribution in [2.45, 2.75) is 40.2 Å². The molecule has 0 spiro atoms. The fraction of sp³-hybridized carbons (Fsp3) is 0.714. The lowest BCUT2D eigenvalue weighted by atomic mass is 9.75. The Morgan fingerprint density at radius 3 is 2.29 bits per heavy atom. The van der Waals surface area contributed by atoms with Crippen LogP contribution in [0.15, 0.2) is 18.7 Å². The molecule has 0 N–H and O–H groups in total. The molecule has 1 aliphatic heterocycles. The smallest absolute Gasteiger partial charge is 0.115 e. The molecule has 2 rings (SSSR count). The molecule has 1 fully saturated rings. The molecular weight excluding hydrogens is 210 g/mol. The Hall–Kier alpha value is -0.960. The quantitative estimate of drug-likeness (QED) is 0.786. The van der Waals surface area contributed by atoms with Crippen LogP contribution in [0.25, 0.3) is 0 Å². The standard InChI is InChI=1S/C14H23N3/c1-14(2,3)13-4-6-17(7-5-13)10-12-8-15-11-16-9-12/h8-9,11,13H,4-7,10H2,1-3H3. The van der Waals surface area contributed by atoms with Crippen LogP contribution in [0, 0.1) is 11.3 Å². The van der Waals surface area contributed by atoms with Crippen molar-refractivity contribution in [3.63, 3.8) is 0 Å². The van der Waals surface area contributed by atoms with Gasteiger partial charge in [0.15, 0.2) is 0 Å². The normalized spacial score (nSPS) is 19.5. The van der Waals surface area contributed by atoms with Gasteiger partial charge in [-0.05, 0) is 37.3 Å². The second kappa shape index (κ2) is 5.13. The second-order valence-electron chi connectivity index (χ2n) is 6.16. The summed E-state index contributed by atoms with van der Waals surface area (Å²) in [5.74, 6) is 0.866. The van der Waals surface area contributed by atoms with Crippen LogP contribution in [-0.4, -0.2) is 28.0 Å². The van der Waals surface area contributed by atoms with Gasteiger partial charge in [-0.1, -0.05) is 20.8 Å². The number of hydrogen-bond acceptors (Lipinski definition) is 3. The van der Waals surface area contributed by atoms with Gasteiger partial charge in [0.25, 0.3) is 0 Å². The summed E-state index contributed by atoms with van der Waals surface area (Å²) in [6.45, 7) is 10.5. The lowest BCUT2D eigenvalue weighted by Gasteiger charge is -2.38. The van der Waals surface area contributed by atoms with Gasteiger partial charge in [-0.2, -0.15) is 0 Å². The van der Waals surface area contributed by atoms with Gasteiger partial charge in [0.05, 0.1) is 0 Å². The van der Waals surface area contributed by atoms with Crippen LogP contribution in [0.5, 0.6) is 0 Å². The third kappa shape index (κ3) is 3.50. The molecule has 1 aromatic rings. The van der Waals surface area contributed by atoms with Crippen LogP contribution in [0.4, 0.5) is 0 Å². The molecule has 0 bridgehead atoms. The number of aromatic nitrogens is 2. The van der Waals surface area contributed by atoms with Crippen molar-refractivity contribution in [3.8, 4) is 0 Å². The van der Waals surface area contributed by atoms with E-state index in [4.69, 9.17) is 0 Å². The molecule has 17 heavy (non-hydrogen) atoms. The van der Waals surface area contributed by atoms with E-state index in [0.717, 1.165) is 12.5 Å². The van der Waals surface area contributed by atoms with Crippen molar-refractivity contribution in [2.75, 3.05) is 13.1 Å². The predicted molar refractivity (Wildman–Crippen MR) is 69.5 cm³/mol. The van der Waals surface area contributed by atoms with E-state index in [9.17, 15) is 0 Å². The van der Waals surface area contributed by atoms with Crippen LogP contribution < -0.4 is 0 Å². The van der Waals surface area contributed by atoms with Crippen molar-refractivity contribution in [2.24, 2.45) is 11.3 Å². The minimum atomic E-state index is 0.460. The number of nitrogens with zero attached hydrogens (tertiary/aromatic N) is 3. The number of likely N-dealkylation sites (tertiary alicyclic amines) is 1. The third-order valence-electron chi connectivity index (χ3n) is 3.83. The Labute approximate surface area is 104 Å². The average molecular weight is 233 g/mol. The van der Waals surface area contributed by atoms with Gasteiger partial charge < -0.3 is 0 Å². The summed E-state index contributed by atoms with van der Waals surface area (Å²) in [6, 6.07) is 0. The van der Waals surface area contributed by atoms with Crippen molar-refractivity contribution in [3.05, 3.63) is 24.3 Å². The summed E-state index contributed by atoms with van der Waals surface area (Å²) in [4.78, 5) is 10.6. The molecule has 1 aromatic heterocycles. The lowest BCUT2D eigenvalue weighted by molar-refractivity contribution is 0.108. The molecule has 0 aliphatic carbocycles. The maximum Gasteiger partial charge on any atom is 0.115 e. The number of rotatable bonds is 2. The van der Waals surface area contributed by atoms with E-state index < -0.39 is 0 Å². The van der Waals surface area contributed by atoms with Crippen LogP contribution in [-0.2, 0) is 6.54 Å². The van der Waals surface area contributed by atoms with E-state index in [2.05, 4.69) is 35.6 Å². The van der Waals surface area contributed by atoms with Gasteiger partial charge in [-0.3, -0.25) is 4.90 Å². The third-order valence-corrected chi connectivity index (χ3v) is 3.83. The summed E-state index contributed by atoms with van der Waals surface area (Å²) < 4.78 is 0. The summed E-state index contributed by atoms with van der Waals surface area (Å²) in [5.41, 5.74) is 1.68. The molecule has 0 unspecified atom stereocenters.